The maximum Gasteiger partial charge on any atom is 0.317 e. The second kappa shape index (κ2) is 11.8. The molecule has 4 aliphatic carbocycles. The number of rotatable bonds is 5. The number of hydrogen-bond acceptors (Lipinski definition) is 12. The topological polar surface area (TPSA) is 200 Å². The van der Waals surface area contributed by atoms with E-state index < -0.39 is 89.8 Å². The lowest BCUT2D eigenvalue weighted by Gasteiger charge is -2.66. The van der Waals surface area contributed by atoms with Gasteiger partial charge in [-0.15, -0.1) is 0 Å². The van der Waals surface area contributed by atoms with Crippen molar-refractivity contribution in [2.45, 2.75) is 178 Å². The first-order chi connectivity index (χ1) is 22.4. The number of carboxylic acids is 1. The fourth-order valence-corrected chi connectivity index (χ4v) is 11.6. The predicted octanol–water partition coefficient (Wildman–Crippen LogP) is 1.99. The molecule has 0 aromatic rings. The van der Waals surface area contributed by atoms with Gasteiger partial charge in [-0.3, -0.25) is 9.53 Å². The van der Waals surface area contributed by atoms with E-state index in [4.69, 9.17) is 34.2 Å². The van der Waals surface area contributed by atoms with Crippen LogP contribution in [0, 0.1) is 34.5 Å². The molecule has 0 unspecified atom stereocenters. The highest BCUT2D eigenvalue weighted by molar-refractivity contribution is 5.72. The molecule has 7 rings (SSSR count). The molecular formula is C35H57NO12. The van der Waals surface area contributed by atoms with E-state index in [0.717, 1.165) is 38.5 Å². The van der Waals surface area contributed by atoms with E-state index >= 15 is 0 Å². The number of carbonyl (C=O) groups is 1. The number of carboxylic acid groups (broad SMARTS) is 1. The molecule has 3 saturated heterocycles. The Morgan fingerprint density at radius 1 is 0.792 bits per heavy atom. The number of fused-ring (bicyclic) bond motifs is 6. The summed E-state index contributed by atoms with van der Waals surface area (Å²) in [4.78, 5) is 13.0. The van der Waals surface area contributed by atoms with E-state index in [0.29, 0.717) is 25.2 Å². The van der Waals surface area contributed by atoms with Crippen LogP contribution in [-0.2, 0) is 33.2 Å². The zero-order valence-corrected chi connectivity index (χ0v) is 29.1. The lowest BCUT2D eigenvalue weighted by Crippen LogP contribution is -2.73. The molecule has 4 saturated carbocycles. The zero-order chi connectivity index (χ0) is 34.8. The maximum atomic E-state index is 13.0. The fourth-order valence-electron chi connectivity index (χ4n) is 11.6. The number of aliphatic hydroxyl groups excluding tert-OH is 4. The van der Waals surface area contributed by atoms with Crippen LogP contribution in [-0.4, -0.2) is 110 Å². The van der Waals surface area contributed by atoms with Crippen LogP contribution in [0.4, 0.5) is 0 Å². The molecule has 3 aliphatic heterocycles. The van der Waals surface area contributed by atoms with Gasteiger partial charge in [-0.1, -0.05) is 13.8 Å². The van der Waals surface area contributed by atoms with Gasteiger partial charge in [0.2, 0.25) is 0 Å². The first-order valence-corrected chi connectivity index (χ1v) is 18.2. The van der Waals surface area contributed by atoms with Crippen LogP contribution in [0.25, 0.3) is 0 Å². The summed E-state index contributed by atoms with van der Waals surface area (Å²) in [5, 5.41) is 54.4. The van der Waals surface area contributed by atoms with E-state index in [1.54, 1.807) is 27.7 Å². The van der Waals surface area contributed by atoms with Crippen molar-refractivity contribution in [2.75, 3.05) is 0 Å². The van der Waals surface area contributed by atoms with Gasteiger partial charge in [-0.05, 0) is 109 Å². The van der Waals surface area contributed by atoms with Crippen molar-refractivity contribution in [2.24, 2.45) is 40.2 Å². The summed E-state index contributed by atoms with van der Waals surface area (Å²) in [6.07, 6.45) is -4.27. The van der Waals surface area contributed by atoms with Crippen molar-refractivity contribution >= 4 is 5.97 Å². The molecule has 0 amide bonds. The van der Waals surface area contributed by atoms with E-state index in [1.807, 2.05) is 6.92 Å². The summed E-state index contributed by atoms with van der Waals surface area (Å²) in [5.74, 6) is -4.26. The molecule has 18 atom stereocenters. The molecular weight excluding hydrogens is 626 g/mol. The van der Waals surface area contributed by atoms with E-state index in [-0.39, 0.29) is 23.3 Å². The molecule has 274 valence electrons. The Morgan fingerprint density at radius 2 is 1.52 bits per heavy atom. The van der Waals surface area contributed by atoms with Gasteiger partial charge in [0.15, 0.2) is 18.2 Å². The minimum Gasteiger partial charge on any atom is -0.481 e. The van der Waals surface area contributed by atoms with Gasteiger partial charge in [0, 0.05) is 11.5 Å². The van der Waals surface area contributed by atoms with Crippen molar-refractivity contribution in [1.82, 2.24) is 0 Å². The maximum absolute atomic E-state index is 13.0. The first kappa shape index (κ1) is 35.4. The summed E-state index contributed by atoms with van der Waals surface area (Å²) in [5.41, 5.74) is 4.58. The van der Waals surface area contributed by atoms with Crippen molar-refractivity contribution in [3.63, 3.8) is 0 Å². The second-order valence-corrected chi connectivity index (χ2v) is 17.1. The summed E-state index contributed by atoms with van der Waals surface area (Å²) >= 11 is 0. The van der Waals surface area contributed by atoms with Crippen LogP contribution in [0.3, 0.4) is 0 Å². The predicted molar refractivity (Wildman–Crippen MR) is 168 cm³/mol. The number of ether oxygens (including phenoxy) is 6. The molecule has 0 aromatic carbocycles. The molecule has 3 heterocycles. The van der Waals surface area contributed by atoms with E-state index in [2.05, 4.69) is 6.92 Å². The Balaban J connectivity index is 1.36. The Hall–Kier alpha value is -0.970. The molecule has 13 nitrogen and oxygen atoms in total. The Morgan fingerprint density at radius 3 is 2.23 bits per heavy atom. The number of aliphatic hydroxyl groups is 4. The molecule has 7 N–H and O–H groups in total. The summed E-state index contributed by atoms with van der Waals surface area (Å²) in [7, 11) is 0. The van der Waals surface area contributed by atoms with Gasteiger partial charge in [-0.2, -0.15) is 0 Å². The van der Waals surface area contributed by atoms with Crippen LogP contribution in [0.1, 0.15) is 99.3 Å². The van der Waals surface area contributed by atoms with Crippen LogP contribution >= 0.6 is 0 Å². The number of nitrogens with two attached hydrogens (primary N) is 1. The highest BCUT2D eigenvalue weighted by Gasteiger charge is 2.75. The average molecular weight is 684 g/mol. The molecule has 7 aliphatic rings. The van der Waals surface area contributed by atoms with Crippen molar-refractivity contribution in [3.05, 3.63) is 0 Å². The van der Waals surface area contributed by atoms with Crippen molar-refractivity contribution in [1.29, 1.82) is 0 Å². The Labute approximate surface area is 282 Å². The van der Waals surface area contributed by atoms with Crippen LogP contribution in [0.2, 0.25) is 0 Å². The van der Waals surface area contributed by atoms with Gasteiger partial charge < -0.3 is 55.0 Å². The quantitative estimate of drug-likeness (QED) is 0.230. The van der Waals surface area contributed by atoms with Gasteiger partial charge >= 0.3 is 11.9 Å². The zero-order valence-electron chi connectivity index (χ0n) is 29.1. The number of aliphatic carboxylic acids is 1. The minimum absolute atomic E-state index is 0.00142. The van der Waals surface area contributed by atoms with E-state index in [1.165, 1.54) is 0 Å². The number of hydrogen-bond donors (Lipinski definition) is 6. The lowest BCUT2D eigenvalue weighted by atomic mass is 9.43. The minimum atomic E-state index is -2.16. The van der Waals surface area contributed by atoms with Crippen LogP contribution in [0.5, 0.6) is 0 Å². The SMILES string of the molecule is C[C@H]1O[C@H](O[C@]2(O[C@]34CC[C@H](C(=O)O)[C@@]3(C)CC[C@H]3[C@H]4CC[C@@H]4C[C@@H](N)CC[C@@]43C)O[C@H](C)[C@@H](O)[C@@H]3OC(C)(C)O[C@@H]32)[C@@H](O)[C@@H](O)[C@@H]1O. The second-order valence-electron chi connectivity index (χ2n) is 17.1. The summed E-state index contributed by atoms with van der Waals surface area (Å²) < 4.78 is 39.4. The highest BCUT2D eigenvalue weighted by Crippen LogP contribution is 2.71. The molecule has 0 bridgehead atoms. The highest BCUT2D eigenvalue weighted by atomic mass is 16.9. The van der Waals surface area contributed by atoms with Crippen molar-refractivity contribution in [3.8, 4) is 0 Å². The third-order valence-corrected chi connectivity index (χ3v) is 14.2. The van der Waals surface area contributed by atoms with Gasteiger partial charge in [0.05, 0.1) is 23.7 Å². The summed E-state index contributed by atoms with van der Waals surface area (Å²) in [6.45, 7) is 11.1. The third kappa shape index (κ3) is 5.08. The largest absolute Gasteiger partial charge is 0.481 e. The molecule has 48 heavy (non-hydrogen) atoms. The van der Waals surface area contributed by atoms with Gasteiger partial charge in [-0.25, -0.2) is 0 Å². The fraction of sp³-hybridized carbons (Fsp3) is 0.971. The van der Waals surface area contributed by atoms with Crippen LogP contribution in [0.15, 0.2) is 0 Å². The first-order valence-electron chi connectivity index (χ1n) is 18.2. The molecule has 0 spiro atoms. The van der Waals surface area contributed by atoms with E-state index in [9.17, 15) is 30.3 Å². The Bertz CT molecular complexity index is 1250. The smallest absolute Gasteiger partial charge is 0.317 e. The van der Waals surface area contributed by atoms with Gasteiger partial charge in [0.1, 0.15) is 30.5 Å². The molecule has 7 fully saturated rings. The van der Waals surface area contributed by atoms with Gasteiger partial charge in [0.25, 0.3) is 0 Å². The monoisotopic (exact) mass is 683 g/mol. The lowest BCUT2D eigenvalue weighted by molar-refractivity contribution is -0.518. The molecule has 0 radical (unpaired) electrons. The summed E-state index contributed by atoms with van der Waals surface area (Å²) in [6, 6.07) is 0.180. The average Bonchev–Trinajstić information content (AvgIpc) is 3.51. The molecule has 13 heteroatoms. The Kier molecular flexibility index (Phi) is 8.69. The molecule has 0 aromatic heterocycles. The standard InChI is InChI=1S/C35H57NO12/c1-16-23(37)25(39)26(40)30(43-16)47-35(28-27(24(38)17(2)44-35)45-31(3,4)46-28)48-34-14-11-22(29(41)42)33(34,6)13-10-20-21(34)8-7-18-15-19(36)9-12-32(18,20)5/h16-28,30,37-40H,7-15,36H2,1-6H3,(H,41,42)/t16-,17-,18-,19+,20+,21-,22-,23-,24-,25+,26+,27+,28+,30-,32+,33-,34+,35-/m1/s1. The normalized spacial score (nSPS) is 57.6. The third-order valence-electron chi connectivity index (χ3n) is 14.2. The van der Waals surface area contributed by atoms with Crippen LogP contribution < -0.4 is 5.73 Å². The van der Waals surface area contributed by atoms with Crippen molar-refractivity contribution < 1.29 is 58.7 Å².